The van der Waals surface area contributed by atoms with Crippen LogP contribution in [-0.2, 0) is 13.0 Å². The van der Waals surface area contributed by atoms with E-state index in [1.165, 1.54) is 5.56 Å². The van der Waals surface area contributed by atoms with Crippen LogP contribution >= 0.6 is 0 Å². The standard InChI is InChI=1S/C15H23N3/c1-4-13-7-5-10-18-14(13)11-17-9-6-8-15(2,3)12-16/h5,7,10,17H,4,6,8-9,11H2,1-3H3. The number of aryl methyl sites for hydroxylation is 1. The highest BCUT2D eigenvalue weighted by Crippen LogP contribution is 2.19. The third-order valence-electron chi connectivity index (χ3n) is 3.12. The highest BCUT2D eigenvalue weighted by atomic mass is 14.9. The van der Waals surface area contributed by atoms with Crippen molar-refractivity contribution in [2.75, 3.05) is 6.54 Å². The second-order valence-corrected chi connectivity index (χ2v) is 5.24. The summed E-state index contributed by atoms with van der Waals surface area (Å²) in [4.78, 5) is 4.40. The van der Waals surface area contributed by atoms with E-state index in [4.69, 9.17) is 5.26 Å². The normalized spacial score (nSPS) is 11.2. The first-order valence-corrected chi connectivity index (χ1v) is 6.64. The van der Waals surface area contributed by atoms with Crippen molar-refractivity contribution in [3.63, 3.8) is 0 Å². The molecule has 1 N–H and O–H groups in total. The monoisotopic (exact) mass is 245 g/mol. The summed E-state index contributed by atoms with van der Waals surface area (Å²) in [5.74, 6) is 0. The molecule has 0 amide bonds. The molecule has 0 saturated heterocycles. The van der Waals surface area contributed by atoms with Crippen molar-refractivity contribution in [2.24, 2.45) is 5.41 Å². The molecule has 0 aliphatic carbocycles. The van der Waals surface area contributed by atoms with Crippen LogP contribution < -0.4 is 5.32 Å². The van der Waals surface area contributed by atoms with Gasteiger partial charge in [0.2, 0.25) is 0 Å². The van der Waals surface area contributed by atoms with Crippen molar-refractivity contribution in [1.29, 1.82) is 5.26 Å². The topological polar surface area (TPSA) is 48.7 Å². The lowest BCUT2D eigenvalue weighted by atomic mass is 9.90. The Morgan fingerprint density at radius 3 is 2.89 bits per heavy atom. The molecule has 18 heavy (non-hydrogen) atoms. The average Bonchev–Trinajstić information content (AvgIpc) is 2.38. The van der Waals surface area contributed by atoms with E-state index >= 15 is 0 Å². The molecule has 0 aliphatic rings. The van der Waals surface area contributed by atoms with E-state index in [0.29, 0.717) is 0 Å². The summed E-state index contributed by atoms with van der Waals surface area (Å²) in [6.45, 7) is 7.87. The van der Waals surface area contributed by atoms with Crippen LogP contribution in [0, 0.1) is 16.7 Å². The lowest BCUT2D eigenvalue weighted by Crippen LogP contribution is -2.19. The highest BCUT2D eigenvalue weighted by Gasteiger charge is 2.15. The van der Waals surface area contributed by atoms with Crippen LogP contribution in [0.4, 0.5) is 0 Å². The fourth-order valence-electron chi connectivity index (χ4n) is 1.87. The van der Waals surface area contributed by atoms with Gasteiger partial charge in [-0.3, -0.25) is 4.98 Å². The zero-order valence-electron chi connectivity index (χ0n) is 11.7. The molecule has 0 fully saturated rings. The van der Waals surface area contributed by atoms with Crippen LogP contribution in [0.2, 0.25) is 0 Å². The van der Waals surface area contributed by atoms with Crippen molar-refractivity contribution >= 4 is 0 Å². The van der Waals surface area contributed by atoms with E-state index in [1.54, 1.807) is 0 Å². The minimum atomic E-state index is -0.207. The summed E-state index contributed by atoms with van der Waals surface area (Å²) in [5.41, 5.74) is 2.24. The molecule has 0 aliphatic heterocycles. The van der Waals surface area contributed by atoms with Gasteiger partial charge in [0.15, 0.2) is 0 Å². The number of nitrogens with zero attached hydrogens (tertiary/aromatic N) is 2. The first-order valence-electron chi connectivity index (χ1n) is 6.64. The number of nitriles is 1. The van der Waals surface area contributed by atoms with Crippen molar-refractivity contribution in [3.05, 3.63) is 29.6 Å². The molecular formula is C15H23N3. The highest BCUT2D eigenvalue weighted by molar-refractivity contribution is 5.19. The molecule has 1 aromatic heterocycles. The van der Waals surface area contributed by atoms with E-state index in [9.17, 15) is 0 Å². The minimum Gasteiger partial charge on any atom is -0.311 e. The molecule has 0 bridgehead atoms. The molecular weight excluding hydrogens is 222 g/mol. The molecule has 0 saturated carbocycles. The zero-order valence-corrected chi connectivity index (χ0v) is 11.7. The summed E-state index contributed by atoms with van der Waals surface area (Å²) in [6.07, 6.45) is 4.81. The van der Waals surface area contributed by atoms with Crippen LogP contribution in [0.5, 0.6) is 0 Å². The van der Waals surface area contributed by atoms with Crippen molar-refractivity contribution in [3.8, 4) is 6.07 Å². The molecule has 0 radical (unpaired) electrons. The zero-order chi connectivity index (χ0) is 13.4. The fraction of sp³-hybridized carbons (Fsp3) is 0.600. The Balaban J connectivity index is 2.28. The van der Waals surface area contributed by atoms with Gasteiger partial charge in [-0.25, -0.2) is 0 Å². The van der Waals surface area contributed by atoms with E-state index in [-0.39, 0.29) is 5.41 Å². The molecule has 98 valence electrons. The first-order chi connectivity index (χ1) is 8.59. The quantitative estimate of drug-likeness (QED) is 0.751. The van der Waals surface area contributed by atoms with E-state index in [2.05, 4.69) is 29.4 Å². The second-order valence-electron chi connectivity index (χ2n) is 5.24. The Bertz CT molecular complexity index is 404. The lowest BCUT2D eigenvalue weighted by Gasteiger charge is -2.14. The number of rotatable bonds is 7. The Kier molecular flexibility index (Phi) is 5.80. The molecule has 1 rings (SSSR count). The van der Waals surface area contributed by atoms with Gasteiger partial charge in [0.1, 0.15) is 0 Å². The molecule has 1 aromatic rings. The number of aromatic nitrogens is 1. The lowest BCUT2D eigenvalue weighted by molar-refractivity contribution is 0.425. The van der Waals surface area contributed by atoms with Crippen molar-refractivity contribution in [1.82, 2.24) is 10.3 Å². The number of hydrogen-bond donors (Lipinski definition) is 1. The summed E-state index contributed by atoms with van der Waals surface area (Å²) in [6, 6.07) is 6.44. The van der Waals surface area contributed by atoms with Gasteiger partial charge in [-0.1, -0.05) is 13.0 Å². The molecule has 0 unspecified atom stereocenters. The summed E-state index contributed by atoms with van der Waals surface area (Å²) in [7, 11) is 0. The third-order valence-corrected chi connectivity index (χ3v) is 3.12. The van der Waals surface area contributed by atoms with Crippen LogP contribution in [-0.4, -0.2) is 11.5 Å². The molecule has 1 heterocycles. The van der Waals surface area contributed by atoms with Gasteiger partial charge in [-0.2, -0.15) is 5.26 Å². The Morgan fingerprint density at radius 1 is 1.44 bits per heavy atom. The second kappa shape index (κ2) is 7.13. The summed E-state index contributed by atoms with van der Waals surface area (Å²) in [5, 5.41) is 12.3. The minimum absolute atomic E-state index is 0.207. The number of nitrogens with one attached hydrogen (secondary N) is 1. The smallest absolute Gasteiger partial charge is 0.0683 e. The third kappa shape index (κ3) is 4.85. The first kappa shape index (κ1) is 14.7. The number of hydrogen-bond acceptors (Lipinski definition) is 3. The summed E-state index contributed by atoms with van der Waals surface area (Å²) >= 11 is 0. The Hall–Kier alpha value is -1.40. The van der Waals surface area contributed by atoms with E-state index in [1.807, 2.05) is 26.1 Å². The van der Waals surface area contributed by atoms with Crippen LogP contribution in [0.25, 0.3) is 0 Å². The van der Waals surface area contributed by atoms with Gasteiger partial charge in [-0.05, 0) is 51.3 Å². The van der Waals surface area contributed by atoms with Crippen molar-refractivity contribution in [2.45, 2.75) is 46.6 Å². The van der Waals surface area contributed by atoms with Gasteiger partial charge >= 0.3 is 0 Å². The van der Waals surface area contributed by atoms with Crippen LogP contribution in [0.3, 0.4) is 0 Å². The van der Waals surface area contributed by atoms with Gasteiger partial charge in [-0.15, -0.1) is 0 Å². The fourth-order valence-corrected chi connectivity index (χ4v) is 1.87. The van der Waals surface area contributed by atoms with Gasteiger partial charge in [0, 0.05) is 12.7 Å². The van der Waals surface area contributed by atoms with Crippen LogP contribution in [0.15, 0.2) is 18.3 Å². The largest absolute Gasteiger partial charge is 0.311 e. The average molecular weight is 245 g/mol. The van der Waals surface area contributed by atoms with Crippen LogP contribution in [0.1, 0.15) is 44.9 Å². The SMILES string of the molecule is CCc1cccnc1CNCCCC(C)(C)C#N. The van der Waals surface area contributed by atoms with Gasteiger partial charge in [0.05, 0.1) is 17.2 Å². The number of pyridine rings is 1. The maximum atomic E-state index is 8.92. The van der Waals surface area contributed by atoms with Gasteiger partial charge < -0.3 is 5.32 Å². The molecule has 0 spiro atoms. The predicted octanol–water partition coefficient (Wildman–Crippen LogP) is 3.06. The molecule has 0 aromatic carbocycles. The van der Waals surface area contributed by atoms with E-state index < -0.39 is 0 Å². The maximum absolute atomic E-state index is 8.92. The Morgan fingerprint density at radius 2 is 2.22 bits per heavy atom. The molecule has 3 heteroatoms. The summed E-state index contributed by atoms with van der Waals surface area (Å²) < 4.78 is 0. The maximum Gasteiger partial charge on any atom is 0.0683 e. The Labute approximate surface area is 110 Å². The molecule has 0 atom stereocenters. The van der Waals surface area contributed by atoms with Crippen molar-refractivity contribution < 1.29 is 0 Å². The predicted molar refractivity (Wildman–Crippen MR) is 73.9 cm³/mol. The van der Waals surface area contributed by atoms with E-state index in [0.717, 1.165) is 38.0 Å². The molecule has 3 nitrogen and oxygen atoms in total. The van der Waals surface area contributed by atoms with Gasteiger partial charge in [0.25, 0.3) is 0 Å².